The predicted molar refractivity (Wildman–Crippen MR) is 131 cm³/mol. The van der Waals surface area contributed by atoms with E-state index >= 15 is 0 Å². The monoisotopic (exact) mass is 491 g/mol. The minimum Gasteiger partial charge on any atom is -0.507 e. The third-order valence-corrected chi connectivity index (χ3v) is 6.25. The van der Waals surface area contributed by atoms with Crippen LogP contribution in [-0.4, -0.2) is 32.7 Å². The second-order valence-corrected chi connectivity index (χ2v) is 8.84. The van der Waals surface area contributed by atoms with Crippen molar-refractivity contribution in [3.8, 4) is 22.8 Å². The van der Waals surface area contributed by atoms with Crippen molar-refractivity contribution in [1.82, 2.24) is 15.1 Å². The van der Waals surface area contributed by atoms with Crippen LogP contribution in [0.1, 0.15) is 46.6 Å². The van der Waals surface area contributed by atoms with Gasteiger partial charge in [0.1, 0.15) is 28.7 Å². The number of phenols is 1. The fourth-order valence-corrected chi connectivity index (χ4v) is 4.53. The molecule has 1 aliphatic heterocycles. The Labute approximate surface area is 206 Å². The molecule has 1 unspecified atom stereocenters. The number of aromatic amines is 1. The summed E-state index contributed by atoms with van der Waals surface area (Å²) in [7, 11) is 0. The van der Waals surface area contributed by atoms with E-state index in [0.717, 1.165) is 23.3 Å². The van der Waals surface area contributed by atoms with Crippen molar-refractivity contribution in [2.75, 3.05) is 6.61 Å². The number of hydrogen-bond acceptors (Lipinski definition) is 4. The first-order valence-electron chi connectivity index (χ1n) is 11.3. The average molecular weight is 492 g/mol. The summed E-state index contributed by atoms with van der Waals surface area (Å²) in [6.07, 6.45) is 0.898. The zero-order valence-corrected chi connectivity index (χ0v) is 19.7. The molecule has 0 radical (unpaired) electrons. The van der Waals surface area contributed by atoms with E-state index in [1.54, 1.807) is 29.2 Å². The highest BCUT2D eigenvalue weighted by molar-refractivity contribution is 6.31. The minimum absolute atomic E-state index is 0.00944. The Hall–Kier alpha value is -3.84. The number of halogens is 2. The molecular formula is C27H23ClFN3O3. The molecule has 6 nitrogen and oxygen atoms in total. The molecule has 35 heavy (non-hydrogen) atoms. The molecule has 1 aromatic heterocycles. The Kier molecular flexibility index (Phi) is 6.17. The van der Waals surface area contributed by atoms with Gasteiger partial charge in [0.15, 0.2) is 0 Å². The highest BCUT2D eigenvalue weighted by atomic mass is 35.5. The first-order chi connectivity index (χ1) is 17.0. The zero-order valence-electron chi connectivity index (χ0n) is 19.0. The van der Waals surface area contributed by atoms with E-state index in [9.17, 15) is 14.3 Å². The Morgan fingerprint density at radius 1 is 1.11 bits per heavy atom. The number of fused-ring (bicyclic) bond motifs is 1. The fraction of sp³-hybridized carbons (Fsp3) is 0.185. The quantitative estimate of drug-likeness (QED) is 0.327. The number of aromatic hydroxyl groups is 1. The lowest BCUT2D eigenvalue weighted by Gasteiger charge is -2.27. The van der Waals surface area contributed by atoms with Crippen molar-refractivity contribution < 1.29 is 19.0 Å². The summed E-state index contributed by atoms with van der Waals surface area (Å²) in [5.74, 6) is 0.176. The van der Waals surface area contributed by atoms with Crippen LogP contribution in [-0.2, 0) is 6.54 Å². The van der Waals surface area contributed by atoms with E-state index < -0.39 is 6.04 Å². The molecule has 0 saturated carbocycles. The molecule has 1 amide bonds. The van der Waals surface area contributed by atoms with Crippen molar-refractivity contribution in [3.05, 3.63) is 100.0 Å². The molecule has 8 heteroatoms. The van der Waals surface area contributed by atoms with Crippen LogP contribution in [0.15, 0.2) is 66.7 Å². The maximum absolute atomic E-state index is 13.5. The molecule has 0 spiro atoms. The van der Waals surface area contributed by atoms with Gasteiger partial charge in [-0.15, -0.1) is 0 Å². The molecule has 0 aliphatic carbocycles. The van der Waals surface area contributed by atoms with Gasteiger partial charge in [-0.25, -0.2) is 4.39 Å². The van der Waals surface area contributed by atoms with Crippen LogP contribution < -0.4 is 4.74 Å². The van der Waals surface area contributed by atoms with E-state index in [-0.39, 0.29) is 24.0 Å². The van der Waals surface area contributed by atoms with Crippen LogP contribution >= 0.6 is 11.6 Å². The van der Waals surface area contributed by atoms with E-state index in [1.807, 2.05) is 31.2 Å². The van der Waals surface area contributed by atoms with Gasteiger partial charge < -0.3 is 14.7 Å². The second-order valence-electron chi connectivity index (χ2n) is 8.40. The number of aromatic nitrogens is 2. The first-order valence-corrected chi connectivity index (χ1v) is 11.7. The number of ether oxygens (including phenoxy) is 1. The lowest BCUT2D eigenvalue weighted by Crippen LogP contribution is -2.29. The zero-order chi connectivity index (χ0) is 24.5. The summed E-state index contributed by atoms with van der Waals surface area (Å²) in [5.41, 5.74) is 3.52. The standard InChI is InChI=1S/C27H23ClFN3O3/c1-2-13-35-20-10-5-17(6-11-20)26-23-24(21-14-18(28)7-12-22(21)33)30-31-25(23)27(34)32(26)15-16-3-8-19(29)9-4-16/h3-12,14,26,33H,2,13,15H2,1H3,(H,30,31). The average Bonchev–Trinajstić information content (AvgIpc) is 3.40. The molecule has 5 rings (SSSR count). The molecule has 2 N–H and O–H groups in total. The number of carbonyl (C=O) groups is 1. The second kappa shape index (κ2) is 9.43. The lowest BCUT2D eigenvalue weighted by molar-refractivity contribution is 0.0730. The number of carbonyl (C=O) groups excluding carboxylic acids is 1. The van der Waals surface area contributed by atoms with Gasteiger partial charge in [-0.1, -0.05) is 42.8 Å². The summed E-state index contributed by atoms with van der Waals surface area (Å²) in [6, 6.07) is 17.9. The van der Waals surface area contributed by atoms with Gasteiger partial charge in [0.25, 0.3) is 5.91 Å². The van der Waals surface area contributed by atoms with Gasteiger partial charge in [0.2, 0.25) is 0 Å². The van der Waals surface area contributed by atoms with E-state index in [2.05, 4.69) is 10.2 Å². The number of phenolic OH excluding ortho intramolecular Hbond substituents is 1. The van der Waals surface area contributed by atoms with E-state index in [0.29, 0.717) is 34.1 Å². The first kappa shape index (κ1) is 22.9. The van der Waals surface area contributed by atoms with E-state index in [1.165, 1.54) is 18.2 Å². The molecular weight excluding hydrogens is 469 g/mol. The molecule has 1 aliphatic rings. The Balaban J connectivity index is 1.61. The number of nitrogens with one attached hydrogen (secondary N) is 1. The number of benzene rings is 3. The van der Waals surface area contributed by atoms with Gasteiger partial charge in [0, 0.05) is 22.7 Å². The van der Waals surface area contributed by atoms with Crippen LogP contribution in [0.2, 0.25) is 5.02 Å². The maximum atomic E-state index is 13.5. The topological polar surface area (TPSA) is 78.5 Å². The Bertz CT molecular complexity index is 1370. The number of hydrogen-bond donors (Lipinski definition) is 2. The van der Waals surface area contributed by atoms with E-state index in [4.69, 9.17) is 16.3 Å². The van der Waals surface area contributed by atoms with Gasteiger partial charge >= 0.3 is 0 Å². The third kappa shape index (κ3) is 4.35. The van der Waals surface area contributed by atoms with Gasteiger partial charge in [-0.3, -0.25) is 9.89 Å². The highest BCUT2D eigenvalue weighted by Gasteiger charge is 2.42. The number of H-pyrrole nitrogens is 1. The normalized spacial score (nSPS) is 14.9. The highest BCUT2D eigenvalue weighted by Crippen LogP contribution is 2.45. The van der Waals surface area contributed by atoms with Gasteiger partial charge in [-0.05, 0) is 60.0 Å². The molecule has 0 bridgehead atoms. The van der Waals surface area contributed by atoms with Crippen LogP contribution in [0, 0.1) is 5.82 Å². The fourth-order valence-electron chi connectivity index (χ4n) is 4.36. The Morgan fingerprint density at radius 2 is 1.86 bits per heavy atom. The molecule has 0 saturated heterocycles. The number of rotatable bonds is 7. The molecule has 0 fully saturated rings. The SMILES string of the molecule is CCCOc1ccc(C2c3c(-c4cc(Cl)ccc4O)n[nH]c3C(=O)N2Cc2ccc(F)cc2)cc1. The maximum Gasteiger partial charge on any atom is 0.273 e. The molecule has 1 atom stereocenters. The van der Waals surface area contributed by atoms with Crippen molar-refractivity contribution in [3.63, 3.8) is 0 Å². The molecule has 2 heterocycles. The predicted octanol–water partition coefficient (Wildman–Crippen LogP) is 6.11. The molecule has 178 valence electrons. The summed E-state index contributed by atoms with van der Waals surface area (Å²) in [5, 5.41) is 18.2. The van der Waals surface area contributed by atoms with Crippen molar-refractivity contribution in [2.45, 2.75) is 25.9 Å². The minimum atomic E-state index is -0.491. The van der Waals surface area contributed by atoms with Crippen LogP contribution in [0.25, 0.3) is 11.3 Å². The lowest BCUT2D eigenvalue weighted by atomic mass is 9.95. The van der Waals surface area contributed by atoms with Crippen molar-refractivity contribution in [2.24, 2.45) is 0 Å². The Morgan fingerprint density at radius 3 is 2.57 bits per heavy atom. The van der Waals surface area contributed by atoms with Gasteiger partial charge in [-0.2, -0.15) is 5.10 Å². The van der Waals surface area contributed by atoms with Crippen LogP contribution in [0.4, 0.5) is 4.39 Å². The summed E-state index contributed by atoms with van der Waals surface area (Å²) in [6.45, 7) is 2.92. The number of nitrogens with zero attached hydrogens (tertiary/aromatic N) is 2. The van der Waals surface area contributed by atoms with Crippen molar-refractivity contribution in [1.29, 1.82) is 0 Å². The number of amides is 1. The summed E-state index contributed by atoms with van der Waals surface area (Å²) < 4.78 is 19.2. The largest absolute Gasteiger partial charge is 0.507 e. The van der Waals surface area contributed by atoms with Crippen LogP contribution in [0.5, 0.6) is 11.5 Å². The van der Waals surface area contributed by atoms with Crippen LogP contribution in [0.3, 0.4) is 0 Å². The van der Waals surface area contributed by atoms with Crippen molar-refractivity contribution >= 4 is 17.5 Å². The van der Waals surface area contributed by atoms with Gasteiger partial charge in [0.05, 0.1) is 12.6 Å². The summed E-state index contributed by atoms with van der Waals surface area (Å²) >= 11 is 6.20. The summed E-state index contributed by atoms with van der Waals surface area (Å²) in [4.78, 5) is 15.2. The molecule has 4 aromatic rings. The smallest absolute Gasteiger partial charge is 0.273 e. The molecule has 3 aromatic carbocycles. The third-order valence-electron chi connectivity index (χ3n) is 6.01.